The number of alkyl halides is 3. The maximum atomic E-state index is 14.9. The summed E-state index contributed by atoms with van der Waals surface area (Å²) in [6, 6.07) is 2.30. The van der Waals surface area contributed by atoms with Gasteiger partial charge in [0.2, 0.25) is 5.95 Å². The lowest BCUT2D eigenvalue weighted by atomic mass is 9.74. The Morgan fingerprint density at radius 1 is 1.31 bits per heavy atom. The van der Waals surface area contributed by atoms with Gasteiger partial charge in [0.05, 0.1) is 42.7 Å². The van der Waals surface area contributed by atoms with E-state index in [0.717, 1.165) is 18.9 Å². The van der Waals surface area contributed by atoms with E-state index >= 15 is 0 Å². The maximum Gasteiger partial charge on any atom is 0.421 e. The largest absolute Gasteiger partial charge is 0.495 e. The Morgan fingerprint density at radius 3 is 2.62 bits per heavy atom. The van der Waals surface area contributed by atoms with Crippen LogP contribution >= 0.6 is 0 Å². The predicted octanol–water partition coefficient (Wildman–Crippen LogP) is 3.19. The number of carbonyl (C=O) groups is 1. The molecule has 1 aliphatic carbocycles. The molecule has 2 bridgehead atoms. The molecule has 1 aromatic carbocycles. The number of methoxy groups -OCH3 is 1. The summed E-state index contributed by atoms with van der Waals surface area (Å²) in [5.74, 6) is -1.77. The van der Waals surface area contributed by atoms with Crippen LogP contribution in [0.25, 0.3) is 0 Å². The van der Waals surface area contributed by atoms with Crippen molar-refractivity contribution in [1.29, 1.82) is 0 Å². The van der Waals surface area contributed by atoms with Crippen LogP contribution in [0.15, 0.2) is 18.3 Å². The SMILES string of the molecule is CNc1nc(Nc2cc(F)c(C(=O)N3CC45CC3(CO4)C5)cc2OC)ncc1C(F)(F)F. The number of hydrogen-bond acceptors (Lipinski definition) is 7. The molecule has 170 valence electrons. The number of hydrogen-bond donors (Lipinski definition) is 2. The van der Waals surface area contributed by atoms with Gasteiger partial charge in [0.15, 0.2) is 0 Å². The van der Waals surface area contributed by atoms with E-state index in [2.05, 4.69) is 20.6 Å². The molecule has 8 nitrogen and oxygen atoms in total. The molecular weight excluding hydrogens is 434 g/mol. The molecular formula is C20H19F4N5O3. The Hall–Kier alpha value is -3.15. The van der Waals surface area contributed by atoms with E-state index < -0.39 is 29.3 Å². The minimum atomic E-state index is -4.64. The first-order valence-electron chi connectivity index (χ1n) is 9.82. The van der Waals surface area contributed by atoms with E-state index in [-0.39, 0.29) is 34.1 Å². The molecule has 2 aromatic rings. The van der Waals surface area contributed by atoms with Gasteiger partial charge in [-0.3, -0.25) is 4.79 Å². The lowest BCUT2D eigenvalue weighted by molar-refractivity contribution is -0.137. The van der Waals surface area contributed by atoms with Crippen molar-refractivity contribution >= 4 is 23.4 Å². The molecule has 7 rings (SSSR count). The minimum absolute atomic E-state index is 0.0655. The summed E-state index contributed by atoms with van der Waals surface area (Å²) in [6.07, 6.45) is -2.48. The van der Waals surface area contributed by atoms with E-state index in [9.17, 15) is 22.4 Å². The molecule has 32 heavy (non-hydrogen) atoms. The summed E-state index contributed by atoms with van der Waals surface area (Å²) in [7, 11) is 2.63. The Labute approximate surface area is 179 Å². The second kappa shape index (κ2) is 6.67. The standard InChI is InChI=1S/C20H19F4N5O3/c1-25-15-11(20(22,23)24)5-26-17(28-15)27-13-4-12(21)10(3-14(13)31-2)16(30)29-8-19-6-18(29,7-19)9-32-19/h3-5H,6-9H2,1-2H3,(H2,25,26,27,28). The number of halogens is 4. The van der Waals surface area contributed by atoms with Crippen LogP contribution in [0, 0.1) is 5.82 Å². The molecule has 4 aliphatic heterocycles. The minimum Gasteiger partial charge on any atom is -0.495 e. The zero-order valence-corrected chi connectivity index (χ0v) is 17.1. The molecule has 0 unspecified atom stereocenters. The van der Waals surface area contributed by atoms with Gasteiger partial charge >= 0.3 is 6.18 Å². The topological polar surface area (TPSA) is 88.6 Å². The number of fused-ring (bicyclic) bond motifs is 2. The quantitative estimate of drug-likeness (QED) is 0.673. The van der Waals surface area contributed by atoms with Crippen molar-refractivity contribution in [2.45, 2.75) is 30.2 Å². The molecule has 12 heteroatoms. The molecule has 4 saturated heterocycles. The van der Waals surface area contributed by atoms with Crippen molar-refractivity contribution in [2.24, 2.45) is 0 Å². The highest BCUT2D eigenvalue weighted by atomic mass is 19.4. The highest BCUT2D eigenvalue weighted by Gasteiger charge is 2.73. The number of carbonyl (C=O) groups excluding carboxylic acids is 1. The number of anilines is 3. The van der Waals surface area contributed by atoms with Crippen molar-refractivity contribution in [3.63, 3.8) is 0 Å². The van der Waals surface area contributed by atoms with Gasteiger partial charge in [-0.15, -0.1) is 0 Å². The maximum absolute atomic E-state index is 14.9. The fourth-order valence-corrected chi connectivity index (χ4v) is 4.90. The molecule has 2 N–H and O–H groups in total. The molecule has 5 aliphatic rings. The van der Waals surface area contributed by atoms with E-state index in [1.54, 1.807) is 4.90 Å². The van der Waals surface area contributed by atoms with Crippen LogP contribution in [0.2, 0.25) is 0 Å². The van der Waals surface area contributed by atoms with Crippen LogP contribution in [0.3, 0.4) is 0 Å². The molecule has 0 radical (unpaired) electrons. The molecule has 0 spiro atoms. The number of ether oxygens (including phenoxy) is 2. The fraction of sp³-hybridized carbons (Fsp3) is 0.450. The summed E-state index contributed by atoms with van der Waals surface area (Å²) >= 11 is 0. The van der Waals surface area contributed by atoms with Crippen LogP contribution < -0.4 is 15.4 Å². The highest BCUT2D eigenvalue weighted by Crippen LogP contribution is 2.62. The number of morpholine rings is 1. The number of amides is 1. The van der Waals surface area contributed by atoms with Crippen molar-refractivity contribution in [3.8, 4) is 5.75 Å². The third-order valence-electron chi connectivity index (χ3n) is 6.31. The molecule has 5 fully saturated rings. The van der Waals surface area contributed by atoms with Gasteiger partial charge < -0.3 is 25.0 Å². The van der Waals surface area contributed by atoms with Crippen LogP contribution in [0.5, 0.6) is 5.75 Å². The van der Waals surface area contributed by atoms with E-state index in [4.69, 9.17) is 9.47 Å². The van der Waals surface area contributed by atoms with E-state index in [1.807, 2.05) is 0 Å². The first-order valence-corrected chi connectivity index (χ1v) is 9.82. The van der Waals surface area contributed by atoms with E-state index in [0.29, 0.717) is 19.3 Å². The van der Waals surface area contributed by atoms with Gasteiger partial charge in [-0.25, -0.2) is 9.37 Å². The number of nitrogens with one attached hydrogen (secondary N) is 2. The van der Waals surface area contributed by atoms with Gasteiger partial charge in [0, 0.05) is 32.2 Å². The Bertz CT molecular complexity index is 1120. The van der Waals surface area contributed by atoms with Gasteiger partial charge in [-0.05, 0) is 6.07 Å². The first-order chi connectivity index (χ1) is 15.1. The average Bonchev–Trinajstić information content (AvgIpc) is 3.45. The van der Waals surface area contributed by atoms with Crippen molar-refractivity contribution in [2.75, 3.05) is 37.9 Å². The Morgan fingerprint density at radius 2 is 2.06 bits per heavy atom. The van der Waals surface area contributed by atoms with Crippen molar-refractivity contribution in [1.82, 2.24) is 14.9 Å². The lowest BCUT2D eigenvalue weighted by Crippen LogP contribution is -2.48. The Balaban J connectivity index is 1.43. The summed E-state index contributed by atoms with van der Waals surface area (Å²) in [5, 5.41) is 5.02. The predicted molar refractivity (Wildman–Crippen MR) is 104 cm³/mol. The second-order valence-electron chi connectivity index (χ2n) is 8.30. The summed E-state index contributed by atoms with van der Waals surface area (Å²) in [5.41, 5.74) is -1.77. The molecule has 1 aromatic heterocycles. The normalized spacial score (nSPS) is 25.5. The average molecular weight is 453 g/mol. The van der Waals surface area contributed by atoms with Gasteiger partial charge in [-0.1, -0.05) is 0 Å². The number of benzene rings is 1. The smallest absolute Gasteiger partial charge is 0.421 e. The van der Waals surface area contributed by atoms with Crippen molar-refractivity contribution in [3.05, 3.63) is 35.3 Å². The van der Waals surface area contributed by atoms with Gasteiger partial charge in [-0.2, -0.15) is 18.2 Å². The number of aromatic nitrogens is 2. The third kappa shape index (κ3) is 2.96. The van der Waals surface area contributed by atoms with Crippen LogP contribution in [0.1, 0.15) is 28.8 Å². The zero-order chi connectivity index (χ0) is 22.9. The van der Waals surface area contributed by atoms with Crippen LogP contribution in [0.4, 0.5) is 35.0 Å². The van der Waals surface area contributed by atoms with Crippen LogP contribution in [-0.4, -0.2) is 59.2 Å². The van der Waals surface area contributed by atoms with Crippen LogP contribution in [-0.2, 0) is 10.9 Å². The third-order valence-corrected chi connectivity index (χ3v) is 6.31. The zero-order valence-electron chi connectivity index (χ0n) is 17.1. The highest BCUT2D eigenvalue weighted by molar-refractivity contribution is 5.97. The molecule has 1 saturated carbocycles. The second-order valence-corrected chi connectivity index (χ2v) is 8.30. The fourth-order valence-electron chi connectivity index (χ4n) is 4.90. The first kappa shape index (κ1) is 20.7. The number of rotatable bonds is 5. The molecule has 1 amide bonds. The number of nitrogens with zero attached hydrogens (tertiary/aromatic N) is 3. The lowest BCUT2D eigenvalue weighted by Gasteiger charge is -2.35. The summed E-state index contributed by atoms with van der Waals surface area (Å²) in [4.78, 5) is 22.2. The monoisotopic (exact) mass is 453 g/mol. The van der Waals surface area contributed by atoms with E-state index in [1.165, 1.54) is 20.2 Å². The van der Waals surface area contributed by atoms with Crippen molar-refractivity contribution < 1.29 is 31.8 Å². The van der Waals surface area contributed by atoms with Gasteiger partial charge in [0.1, 0.15) is 22.9 Å². The van der Waals surface area contributed by atoms with Gasteiger partial charge in [0.25, 0.3) is 5.91 Å². The molecule has 0 atom stereocenters. The summed E-state index contributed by atoms with van der Waals surface area (Å²) in [6.45, 7) is 0.885. The summed E-state index contributed by atoms with van der Waals surface area (Å²) < 4.78 is 65.1. The molecule has 5 heterocycles. The Kier molecular flexibility index (Phi) is 4.32.